The first-order chi connectivity index (χ1) is 12.6. The molecule has 1 aliphatic heterocycles. The molecule has 0 radical (unpaired) electrons. The normalized spacial score (nSPS) is 17.3. The molecule has 140 valence electrons. The van der Waals surface area contributed by atoms with E-state index in [0.717, 1.165) is 12.8 Å². The number of piperidine rings is 1. The molecule has 2 aromatic heterocycles. The highest BCUT2D eigenvalue weighted by molar-refractivity contribution is 7.99. The Labute approximate surface area is 155 Å². The van der Waals surface area contributed by atoms with Crippen molar-refractivity contribution in [1.82, 2.24) is 19.7 Å². The highest BCUT2D eigenvalue weighted by Crippen LogP contribution is 2.25. The first-order valence-electron chi connectivity index (χ1n) is 8.64. The van der Waals surface area contributed by atoms with Crippen LogP contribution in [0.1, 0.15) is 26.2 Å². The number of rotatable bonds is 6. The fourth-order valence-corrected chi connectivity index (χ4v) is 3.78. The second-order valence-electron chi connectivity index (χ2n) is 5.98. The van der Waals surface area contributed by atoms with Gasteiger partial charge in [0.1, 0.15) is 6.04 Å². The fourth-order valence-electron chi connectivity index (χ4n) is 2.98. The summed E-state index contributed by atoms with van der Waals surface area (Å²) in [4.78, 5) is 26.4. The minimum absolute atomic E-state index is 0.0877. The summed E-state index contributed by atoms with van der Waals surface area (Å²) in [7, 11) is 1.83. The van der Waals surface area contributed by atoms with Crippen LogP contribution in [-0.2, 0) is 21.4 Å². The number of aromatic nitrogens is 3. The highest BCUT2D eigenvalue weighted by atomic mass is 32.2. The van der Waals surface area contributed by atoms with Crippen molar-refractivity contribution in [3.05, 3.63) is 18.4 Å². The molecular formula is C17H22N4O4S. The number of nitrogens with zero attached hydrogens (tertiary/aromatic N) is 4. The topological polar surface area (TPSA) is 90.5 Å². The van der Waals surface area contributed by atoms with Crippen LogP contribution in [0.4, 0.5) is 0 Å². The Morgan fingerprint density at radius 2 is 2.23 bits per heavy atom. The number of likely N-dealkylation sites (tertiary alicyclic amines) is 1. The molecule has 0 aromatic carbocycles. The number of esters is 1. The Morgan fingerprint density at radius 3 is 2.96 bits per heavy atom. The van der Waals surface area contributed by atoms with Crippen molar-refractivity contribution in [3.8, 4) is 11.6 Å². The smallest absolute Gasteiger partial charge is 0.328 e. The van der Waals surface area contributed by atoms with Gasteiger partial charge in [-0.3, -0.25) is 4.79 Å². The van der Waals surface area contributed by atoms with Gasteiger partial charge in [0, 0.05) is 13.6 Å². The Balaban J connectivity index is 1.64. The van der Waals surface area contributed by atoms with Crippen LogP contribution in [-0.4, -0.2) is 56.5 Å². The third kappa shape index (κ3) is 3.92. The maximum atomic E-state index is 12.7. The summed E-state index contributed by atoms with van der Waals surface area (Å²) in [5.74, 6) is 1.02. The summed E-state index contributed by atoms with van der Waals surface area (Å²) in [6.45, 7) is 2.67. The van der Waals surface area contributed by atoms with E-state index in [1.54, 1.807) is 34.8 Å². The number of furan rings is 1. The molecule has 26 heavy (non-hydrogen) atoms. The van der Waals surface area contributed by atoms with Gasteiger partial charge in [0.15, 0.2) is 16.7 Å². The largest absolute Gasteiger partial charge is 0.464 e. The number of carbonyl (C=O) groups is 2. The molecule has 1 atom stereocenters. The molecule has 3 heterocycles. The molecule has 1 amide bonds. The lowest BCUT2D eigenvalue weighted by Crippen LogP contribution is -2.49. The van der Waals surface area contributed by atoms with Gasteiger partial charge in [0.05, 0.1) is 18.6 Å². The summed E-state index contributed by atoms with van der Waals surface area (Å²) in [6.07, 6.45) is 4.06. The van der Waals surface area contributed by atoms with Crippen LogP contribution in [0.5, 0.6) is 0 Å². The molecule has 0 bridgehead atoms. The zero-order valence-corrected chi connectivity index (χ0v) is 15.7. The first-order valence-corrected chi connectivity index (χ1v) is 9.62. The molecule has 3 rings (SSSR count). The van der Waals surface area contributed by atoms with Gasteiger partial charge in [-0.1, -0.05) is 11.8 Å². The van der Waals surface area contributed by atoms with Crippen molar-refractivity contribution in [2.75, 3.05) is 18.9 Å². The van der Waals surface area contributed by atoms with Crippen LogP contribution in [0.3, 0.4) is 0 Å². The standard InChI is InChI=1S/C17H22N4O4S/c1-3-24-16(23)12-7-4-5-9-21(12)14(22)11-26-17-19-18-15(20(17)2)13-8-6-10-25-13/h6,8,10,12H,3-5,7,9,11H2,1-2H3/t12-/m0/s1. The lowest BCUT2D eigenvalue weighted by molar-refractivity contribution is -0.155. The number of ether oxygens (including phenoxy) is 1. The lowest BCUT2D eigenvalue weighted by atomic mass is 10.0. The Hall–Kier alpha value is -2.29. The molecule has 0 spiro atoms. The molecule has 8 nitrogen and oxygen atoms in total. The van der Waals surface area contributed by atoms with E-state index in [1.807, 2.05) is 7.05 Å². The summed E-state index contributed by atoms with van der Waals surface area (Å²) >= 11 is 1.30. The monoisotopic (exact) mass is 378 g/mol. The van der Waals surface area contributed by atoms with Gasteiger partial charge in [-0.25, -0.2) is 4.79 Å². The maximum absolute atomic E-state index is 12.7. The Kier molecular flexibility index (Phi) is 5.97. The number of thioether (sulfide) groups is 1. The van der Waals surface area contributed by atoms with Crippen molar-refractivity contribution in [3.63, 3.8) is 0 Å². The van der Waals surface area contributed by atoms with Crippen LogP contribution in [0.25, 0.3) is 11.6 Å². The van der Waals surface area contributed by atoms with Crippen molar-refractivity contribution in [2.45, 2.75) is 37.4 Å². The quantitative estimate of drug-likeness (QED) is 0.562. The molecule has 9 heteroatoms. The average Bonchev–Trinajstić information content (AvgIpc) is 3.29. The molecule has 0 saturated carbocycles. The summed E-state index contributed by atoms with van der Waals surface area (Å²) in [5, 5.41) is 8.86. The van der Waals surface area contributed by atoms with Crippen molar-refractivity contribution in [1.29, 1.82) is 0 Å². The number of hydrogen-bond acceptors (Lipinski definition) is 7. The van der Waals surface area contributed by atoms with Crippen LogP contribution < -0.4 is 0 Å². The van der Waals surface area contributed by atoms with E-state index in [0.29, 0.717) is 36.3 Å². The van der Waals surface area contributed by atoms with Gasteiger partial charge in [-0.05, 0) is 38.3 Å². The van der Waals surface area contributed by atoms with E-state index in [2.05, 4.69) is 10.2 Å². The van der Waals surface area contributed by atoms with Crippen molar-refractivity contribution in [2.24, 2.45) is 7.05 Å². The van der Waals surface area contributed by atoms with Crippen molar-refractivity contribution < 1.29 is 18.7 Å². The van der Waals surface area contributed by atoms with E-state index < -0.39 is 6.04 Å². The van der Waals surface area contributed by atoms with Gasteiger partial charge < -0.3 is 18.6 Å². The van der Waals surface area contributed by atoms with E-state index in [9.17, 15) is 9.59 Å². The summed E-state index contributed by atoms with van der Waals surface area (Å²) in [6, 6.07) is 3.11. The van der Waals surface area contributed by atoms with Crippen LogP contribution >= 0.6 is 11.8 Å². The molecule has 0 N–H and O–H groups in total. The second kappa shape index (κ2) is 8.39. The first kappa shape index (κ1) is 18.5. The van der Waals surface area contributed by atoms with E-state index in [-0.39, 0.29) is 17.6 Å². The van der Waals surface area contributed by atoms with Gasteiger partial charge >= 0.3 is 5.97 Å². The predicted molar refractivity (Wildman–Crippen MR) is 95.4 cm³/mol. The Morgan fingerprint density at radius 1 is 1.38 bits per heavy atom. The van der Waals surface area contributed by atoms with E-state index in [1.165, 1.54) is 11.8 Å². The molecule has 1 aliphatic rings. The zero-order chi connectivity index (χ0) is 18.5. The number of amides is 1. The van der Waals surface area contributed by atoms with Gasteiger partial charge in [-0.15, -0.1) is 10.2 Å². The molecule has 1 fully saturated rings. The minimum Gasteiger partial charge on any atom is -0.464 e. The van der Waals surface area contributed by atoms with E-state index >= 15 is 0 Å². The Bertz CT molecular complexity index is 759. The maximum Gasteiger partial charge on any atom is 0.328 e. The van der Waals surface area contributed by atoms with Gasteiger partial charge in [-0.2, -0.15) is 0 Å². The lowest BCUT2D eigenvalue weighted by Gasteiger charge is -2.33. The van der Waals surface area contributed by atoms with Crippen LogP contribution in [0.2, 0.25) is 0 Å². The third-order valence-electron chi connectivity index (χ3n) is 4.28. The number of hydrogen-bond donors (Lipinski definition) is 0. The third-order valence-corrected chi connectivity index (χ3v) is 5.29. The predicted octanol–water partition coefficient (Wildman–Crippen LogP) is 2.11. The molecule has 0 unspecified atom stereocenters. The van der Waals surface area contributed by atoms with Crippen molar-refractivity contribution >= 4 is 23.6 Å². The SMILES string of the molecule is CCOC(=O)[C@@H]1CCCCN1C(=O)CSc1nnc(-c2ccco2)n1C. The zero-order valence-electron chi connectivity index (χ0n) is 14.9. The summed E-state index contributed by atoms with van der Waals surface area (Å²) in [5.41, 5.74) is 0. The number of carbonyl (C=O) groups excluding carboxylic acids is 2. The second-order valence-corrected chi connectivity index (χ2v) is 6.92. The average molecular weight is 378 g/mol. The molecular weight excluding hydrogens is 356 g/mol. The highest BCUT2D eigenvalue weighted by Gasteiger charge is 2.33. The fraction of sp³-hybridized carbons (Fsp3) is 0.529. The van der Waals surface area contributed by atoms with E-state index in [4.69, 9.17) is 9.15 Å². The van der Waals surface area contributed by atoms with Crippen LogP contribution in [0.15, 0.2) is 28.0 Å². The minimum atomic E-state index is -0.477. The molecule has 0 aliphatic carbocycles. The van der Waals surface area contributed by atoms with Gasteiger partial charge in [0.25, 0.3) is 0 Å². The molecule has 2 aromatic rings. The van der Waals surface area contributed by atoms with Gasteiger partial charge in [0.2, 0.25) is 5.91 Å². The van der Waals surface area contributed by atoms with Crippen LogP contribution in [0, 0.1) is 0 Å². The molecule has 1 saturated heterocycles. The summed E-state index contributed by atoms with van der Waals surface area (Å²) < 4.78 is 12.2.